The highest BCUT2D eigenvalue weighted by Gasteiger charge is 2.38. The molecular weight excluding hydrogens is 303 g/mol. The van der Waals surface area contributed by atoms with Crippen LogP contribution in [-0.2, 0) is 17.4 Å². The lowest BCUT2D eigenvalue weighted by Crippen LogP contribution is -2.21. The summed E-state index contributed by atoms with van der Waals surface area (Å²) in [6.07, 6.45) is -12.0. The Morgan fingerprint density at radius 1 is 1.25 bits per heavy atom. The number of halogens is 7. The van der Waals surface area contributed by atoms with Crippen LogP contribution in [0.5, 0.6) is 5.75 Å². The summed E-state index contributed by atoms with van der Waals surface area (Å²) in [6.45, 7) is 0. The van der Waals surface area contributed by atoms with Gasteiger partial charge in [0.05, 0.1) is 12.1 Å². The zero-order valence-corrected chi connectivity index (χ0v) is 9.14. The Bertz CT molecular complexity index is 523. The molecule has 1 aromatic rings. The first-order valence-electron chi connectivity index (χ1n) is 4.64. The maximum Gasteiger partial charge on any atom is 0.573 e. The summed E-state index contributed by atoms with van der Waals surface area (Å²) in [5, 5.41) is 8.36. The molecule has 0 radical (unpaired) electrons. The predicted molar refractivity (Wildman–Crippen MR) is 47.2 cm³/mol. The van der Waals surface area contributed by atoms with Crippen LogP contribution in [0.2, 0.25) is 0 Å². The minimum Gasteiger partial charge on any atom is -0.481 e. The first-order valence-corrected chi connectivity index (χ1v) is 4.64. The first-order chi connectivity index (χ1) is 8.90. The molecule has 1 heterocycles. The molecule has 0 unspecified atom stereocenters. The number of hydrogen-bond acceptors (Lipinski definition) is 3. The van der Waals surface area contributed by atoms with Gasteiger partial charge in [-0.2, -0.15) is 13.2 Å². The Morgan fingerprint density at radius 2 is 1.80 bits per heavy atom. The predicted octanol–water partition coefficient (Wildman–Crippen LogP) is 2.77. The summed E-state index contributed by atoms with van der Waals surface area (Å²) >= 11 is 0. The lowest BCUT2D eigenvalue weighted by atomic mass is 10.2. The van der Waals surface area contributed by atoms with Gasteiger partial charge in [-0.3, -0.25) is 4.79 Å². The number of carboxylic acids is 1. The van der Waals surface area contributed by atoms with E-state index >= 15 is 0 Å². The summed E-state index contributed by atoms with van der Waals surface area (Å²) in [6, 6.07) is -0.297. The fraction of sp³-hybridized carbons (Fsp3) is 0.333. The van der Waals surface area contributed by atoms with Crippen molar-refractivity contribution in [2.45, 2.75) is 19.0 Å². The molecule has 0 aliphatic heterocycles. The van der Waals surface area contributed by atoms with E-state index in [1.807, 2.05) is 0 Å². The van der Waals surface area contributed by atoms with Crippen molar-refractivity contribution in [1.82, 2.24) is 4.98 Å². The second kappa shape index (κ2) is 5.13. The van der Waals surface area contributed by atoms with Gasteiger partial charge < -0.3 is 9.84 Å². The monoisotopic (exact) mass is 307 g/mol. The zero-order valence-electron chi connectivity index (χ0n) is 9.14. The molecular formula is C9H4F7NO3. The normalized spacial score (nSPS) is 12.3. The summed E-state index contributed by atoms with van der Waals surface area (Å²) < 4.78 is 89.4. The van der Waals surface area contributed by atoms with Crippen molar-refractivity contribution in [3.63, 3.8) is 0 Å². The van der Waals surface area contributed by atoms with Crippen LogP contribution in [0.15, 0.2) is 6.07 Å². The van der Waals surface area contributed by atoms with Gasteiger partial charge >= 0.3 is 18.5 Å². The molecule has 0 aromatic carbocycles. The van der Waals surface area contributed by atoms with E-state index in [0.717, 1.165) is 0 Å². The SMILES string of the molecule is O=C(O)Cc1nc(C(F)(F)F)cc(OC(F)(F)F)c1F. The topological polar surface area (TPSA) is 59.4 Å². The summed E-state index contributed by atoms with van der Waals surface area (Å²) in [7, 11) is 0. The Hall–Kier alpha value is -2.07. The van der Waals surface area contributed by atoms with E-state index in [0.29, 0.717) is 0 Å². The van der Waals surface area contributed by atoms with Gasteiger partial charge in [0.25, 0.3) is 0 Å². The van der Waals surface area contributed by atoms with Crippen LogP contribution < -0.4 is 4.74 Å². The van der Waals surface area contributed by atoms with Crippen LogP contribution in [0, 0.1) is 5.82 Å². The maximum atomic E-state index is 13.4. The van der Waals surface area contributed by atoms with Crippen molar-refractivity contribution in [3.05, 3.63) is 23.3 Å². The number of pyridine rings is 1. The van der Waals surface area contributed by atoms with Gasteiger partial charge in [-0.15, -0.1) is 13.2 Å². The Kier molecular flexibility index (Phi) is 4.10. The summed E-state index contributed by atoms with van der Waals surface area (Å²) in [5.74, 6) is -5.48. The van der Waals surface area contributed by atoms with Gasteiger partial charge in [0.15, 0.2) is 11.6 Å². The van der Waals surface area contributed by atoms with E-state index in [1.54, 1.807) is 0 Å². The third-order valence-electron chi connectivity index (χ3n) is 1.83. The number of rotatable bonds is 3. The van der Waals surface area contributed by atoms with E-state index in [9.17, 15) is 35.5 Å². The molecule has 0 atom stereocenters. The minimum atomic E-state index is -5.44. The molecule has 4 nitrogen and oxygen atoms in total. The Labute approximate surface area is 105 Å². The molecule has 11 heteroatoms. The molecule has 0 amide bonds. The fourth-order valence-electron chi connectivity index (χ4n) is 1.16. The summed E-state index contributed by atoms with van der Waals surface area (Å²) in [5.41, 5.74) is -3.21. The third kappa shape index (κ3) is 4.24. The highest BCUT2D eigenvalue weighted by molar-refractivity contribution is 5.69. The molecule has 1 aromatic heterocycles. The molecule has 1 N–H and O–H groups in total. The van der Waals surface area contributed by atoms with E-state index in [2.05, 4.69) is 9.72 Å². The highest BCUT2D eigenvalue weighted by Crippen LogP contribution is 2.34. The Morgan fingerprint density at radius 3 is 2.20 bits per heavy atom. The van der Waals surface area contributed by atoms with Gasteiger partial charge in [0, 0.05) is 6.07 Å². The highest BCUT2D eigenvalue weighted by atomic mass is 19.4. The van der Waals surface area contributed by atoms with Crippen molar-refractivity contribution in [3.8, 4) is 5.75 Å². The van der Waals surface area contributed by atoms with Crippen LogP contribution in [0.25, 0.3) is 0 Å². The second-order valence-corrected chi connectivity index (χ2v) is 3.38. The molecule has 0 bridgehead atoms. The molecule has 0 saturated heterocycles. The van der Waals surface area contributed by atoms with Gasteiger partial charge in [-0.25, -0.2) is 9.37 Å². The molecule has 112 valence electrons. The number of aromatic nitrogens is 1. The molecule has 0 aliphatic carbocycles. The number of nitrogens with zero attached hydrogens (tertiary/aromatic N) is 1. The van der Waals surface area contributed by atoms with E-state index in [4.69, 9.17) is 5.11 Å². The molecule has 1 rings (SSSR count). The number of carboxylic acid groups (broad SMARTS) is 1. The Balaban J connectivity index is 3.38. The van der Waals surface area contributed by atoms with Crippen LogP contribution >= 0.6 is 0 Å². The molecule has 0 saturated carbocycles. The van der Waals surface area contributed by atoms with Crippen molar-refractivity contribution < 1.29 is 45.4 Å². The number of hydrogen-bond donors (Lipinski definition) is 1. The molecule has 20 heavy (non-hydrogen) atoms. The fourth-order valence-corrected chi connectivity index (χ4v) is 1.16. The van der Waals surface area contributed by atoms with Gasteiger partial charge in [-0.1, -0.05) is 0 Å². The lowest BCUT2D eigenvalue weighted by Gasteiger charge is -2.14. The van der Waals surface area contributed by atoms with Crippen molar-refractivity contribution in [2.75, 3.05) is 0 Å². The third-order valence-corrected chi connectivity index (χ3v) is 1.83. The van der Waals surface area contributed by atoms with Crippen LogP contribution in [0.4, 0.5) is 30.7 Å². The van der Waals surface area contributed by atoms with E-state index in [-0.39, 0.29) is 6.07 Å². The molecule has 0 aliphatic rings. The maximum absolute atomic E-state index is 13.4. The standard InChI is InChI=1S/C9H4F7NO3/c10-7-3(1-6(18)19)17-5(8(11,12)13)2-4(7)20-9(14,15)16/h2H,1H2,(H,18,19). The van der Waals surface area contributed by atoms with E-state index in [1.165, 1.54) is 0 Å². The average Bonchev–Trinajstić information content (AvgIpc) is 2.19. The zero-order chi connectivity index (χ0) is 15.7. The average molecular weight is 307 g/mol. The van der Waals surface area contributed by atoms with Crippen LogP contribution in [-0.4, -0.2) is 22.4 Å². The van der Waals surface area contributed by atoms with Crippen molar-refractivity contribution >= 4 is 5.97 Å². The minimum absolute atomic E-state index is 0.297. The lowest BCUT2D eigenvalue weighted by molar-refractivity contribution is -0.275. The number of aliphatic carboxylic acids is 1. The van der Waals surface area contributed by atoms with Crippen molar-refractivity contribution in [2.24, 2.45) is 0 Å². The number of alkyl halides is 6. The smallest absolute Gasteiger partial charge is 0.481 e. The number of carbonyl (C=O) groups is 1. The van der Waals surface area contributed by atoms with Crippen LogP contribution in [0.3, 0.4) is 0 Å². The quantitative estimate of drug-likeness (QED) is 0.872. The summed E-state index contributed by atoms with van der Waals surface area (Å²) in [4.78, 5) is 13.0. The molecule has 0 fully saturated rings. The van der Waals surface area contributed by atoms with Crippen molar-refractivity contribution in [1.29, 1.82) is 0 Å². The van der Waals surface area contributed by atoms with Gasteiger partial charge in [0.1, 0.15) is 5.69 Å². The first kappa shape index (κ1) is 16.0. The van der Waals surface area contributed by atoms with Gasteiger partial charge in [0.2, 0.25) is 0 Å². The largest absolute Gasteiger partial charge is 0.573 e. The van der Waals surface area contributed by atoms with Gasteiger partial charge in [-0.05, 0) is 0 Å². The van der Waals surface area contributed by atoms with E-state index < -0.39 is 47.9 Å². The molecule has 0 spiro atoms. The second-order valence-electron chi connectivity index (χ2n) is 3.38. The van der Waals surface area contributed by atoms with Crippen LogP contribution in [0.1, 0.15) is 11.4 Å². The number of ether oxygens (including phenoxy) is 1.